The maximum absolute atomic E-state index is 13.3. The van der Waals surface area contributed by atoms with Crippen molar-refractivity contribution in [3.63, 3.8) is 0 Å². The second-order valence-electron chi connectivity index (χ2n) is 7.95. The number of nitrogens with one attached hydrogen (secondary N) is 1. The van der Waals surface area contributed by atoms with E-state index in [2.05, 4.69) is 40.3 Å². The van der Waals surface area contributed by atoms with E-state index < -0.39 is 0 Å². The molecule has 0 amide bonds. The average Bonchev–Trinajstić information content (AvgIpc) is 3.09. The third-order valence-electron chi connectivity index (χ3n) is 6.25. The Bertz CT molecular complexity index is 923. The molecule has 3 nitrogen and oxygen atoms in total. The number of H-pyrrole nitrogens is 1. The lowest BCUT2D eigenvalue weighted by Crippen LogP contribution is -2.58. The highest BCUT2D eigenvalue weighted by atomic mass is 19.1. The number of hydrogen-bond donors (Lipinski definition) is 1. The molecule has 2 aliphatic rings. The van der Waals surface area contributed by atoms with Crippen LogP contribution in [0.2, 0.25) is 0 Å². The Morgan fingerprint density at radius 1 is 0.963 bits per heavy atom. The molecular weight excluding hydrogens is 339 g/mol. The predicted molar refractivity (Wildman–Crippen MR) is 106 cm³/mol. The molecule has 0 unspecified atom stereocenters. The largest absolute Gasteiger partial charge is 0.488 e. The van der Waals surface area contributed by atoms with E-state index in [1.807, 2.05) is 6.07 Å². The fourth-order valence-electron chi connectivity index (χ4n) is 4.76. The Kier molecular flexibility index (Phi) is 4.36. The quantitative estimate of drug-likeness (QED) is 0.698. The number of nitrogens with zero attached hydrogens (tertiary/aromatic N) is 1. The molecule has 1 saturated carbocycles. The van der Waals surface area contributed by atoms with Crippen LogP contribution >= 0.6 is 0 Å². The maximum atomic E-state index is 13.3. The van der Waals surface area contributed by atoms with Crippen molar-refractivity contribution in [1.29, 1.82) is 0 Å². The minimum absolute atomic E-state index is 0.193. The lowest BCUT2D eigenvalue weighted by molar-refractivity contribution is -0.0202. The van der Waals surface area contributed by atoms with Gasteiger partial charge < -0.3 is 9.72 Å². The van der Waals surface area contributed by atoms with Gasteiger partial charge in [0, 0.05) is 42.3 Å². The molecule has 0 spiro atoms. The Balaban J connectivity index is 1.14. The van der Waals surface area contributed by atoms with Crippen molar-refractivity contribution >= 4 is 10.9 Å². The summed E-state index contributed by atoms with van der Waals surface area (Å²) in [5, 5.41) is 1.38. The summed E-state index contributed by atoms with van der Waals surface area (Å²) in [5.41, 5.74) is 2.73. The van der Waals surface area contributed by atoms with E-state index in [1.54, 1.807) is 6.07 Å². The topological polar surface area (TPSA) is 28.3 Å². The van der Waals surface area contributed by atoms with E-state index in [0.29, 0.717) is 17.7 Å². The van der Waals surface area contributed by atoms with Gasteiger partial charge in [0.25, 0.3) is 0 Å². The SMILES string of the molecule is Fc1cccc(OC2CN(C3CCC(c4c[nH]c5ccccc45)CC3)C2)c1. The average molecular weight is 364 g/mol. The van der Waals surface area contributed by atoms with Crippen LogP contribution in [-0.2, 0) is 0 Å². The number of benzene rings is 2. The molecule has 1 saturated heterocycles. The number of aromatic nitrogens is 1. The molecule has 1 aromatic heterocycles. The van der Waals surface area contributed by atoms with Crippen molar-refractivity contribution < 1.29 is 9.13 Å². The van der Waals surface area contributed by atoms with Crippen molar-refractivity contribution in [2.75, 3.05) is 13.1 Å². The van der Waals surface area contributed by atoms with Gasteiger partial charge in [0.15, 0.2) is 0 Å². The lowest BCUT2D eigenvalue weighted by Gasteiger charge is -2.46. The summed E-state index contributed by atoms with van der Waals surface area (Å²) in [7, 11) is 0. The van der Waals surface area contributed by atoms with Gasteiger partial charge >= 0.3 is 0 Å². The molecule has 2 heterocycles. The summed E-state index contributed by atoms with van der Waals surface area (Å²) in [4.78, 5) is 5.96. The molecule has 140 valence electrons. The molecule has 2 aromatic carbocycles. The molecule has 1 aliphatic heterocycles. The third-order valence-corrected chi connectivity index (χ3v) is 6.25. The van der Waals surface area contributed by atoms with E-state index in [9.17, 15) is 4.39 Å². The number of aromatic amines is 1. The van der Waals surface area contributed by atoms with E-state index in [4.69, 9.17) is 4.74 Å². The molecule has 4 heteroatoms. The van der Waals surface area contributed by atoms with Crippen LogP contribution < -0.4 is 4.74 Å². The summed E-state index contributed by atoms with van der Waals surface area (Å²) in [6.07, 6.45) is 7.39. The molecule has 1 aliphatic carbocycles. The molecule has 0 bridgehead atoms. The number of halogens is 1. The van der Waals surface area contributed by atoms with Gasteiger partial charge in [0.2, 0.25) is 0 Å². The maximum Gasteiger partial charge on any atom is 0.126 e. The first kappa shape index (κ1) is 16.8. The molecule has 0 atom stereocenters. The lowest BCUT2D eigenvalue weighted by atomic mass is 9.80. The van der Waals surface area contributed by atoms with Crippen molar-refractivity contribution in [3.8, 4) is 5.75 Å². The van der Waals surface area contributed by atoms with Crippen LogP contribution in [0, 0.1) is 5.82 Å². The molecule has 5 rings (SSSR count). The van der Waals surface area contributed by atoms with Crippen molar-refractivity contribution in [2.24, 2.45) is 0 Å². The number of para-hydroxylation sites is 1. The van der Waals surface area contributed by atoms with Crippen LogP contribution in [0.5, 0.6) is 5.75 Å². The highest BCUT2D eigenvalue weighted by Gasteiger charge is 2.36. The first-order valence-electron chi connectivity index (χ1n) is 9.98. The van der Waals surface area contributed by atoms with Crippen LogP contribution in [0.4, 0.5) is 4.39 Å². The summed E-state index contributed by atoms with van der Waals surface area (Å²) >= 11 is 0. The smallest absolute Gasteiger partial charge is 0.126 e. The highest BCUT2D eigenvalue weighted by Crippen LogP contribution is 2.39. The van der Waals surface area contributed by atoms with Gasteiger partial charge in [-0.05, 0) is 55.4 Å². The van der Waals surface area contributed by atoms with Gasteiger partial charge in [0.1, 0.15) is 17.7 Å². The second-order valence-corrected chi connectivity index (χ2v) is 7.95. The minimum Gasteiger partial charge on any atom is -0.488 e. The van der Waals surface area contributed by atoms with E-state index >= 15 is 0 Å². The van der Waals surface area contributed by atoms with Crippen LogP contribution in [-0.4, -0.2) is 35.1 Å². The standard InChI is InChI=1S/C23H25FN2O/c24-17-4-3-5-19(12-17)27-20-14-26(15-20)18-10-8-16(9-11-18)22-13-25-23-7-2-1-6-21(22)23/h1-7,12-13,16,18,20,25H,8-11,14-15H2. The van der Waals surface area contributed by atoms with Crippen molar-refractivity contribution in [2.45, 2.75) is 43.7 Å². The predicted octanol–water partition coefficient (Wildman–Crippen LogP) is 5.10. The number of likely N-dealkylation sites (tertiary alicyclic amines) is 1. The second kappa shape index (κ2) is 7.01. The number of hydrogen-bond acceptors (Lipinski definition) is 2. The van der Waals surface area contributed by atoms with Crippen LogP contribution in [0.25, 0.3) is 10.9 Å². The zero-order chi connectivity index (χ0) is 18.2. The van der Waals surface area contributed by atoms with Crippen LogP contribution in [0.15, 0.2) is 54.7 Å². The van der Waals surface area contributed by atoms with Crippen LogP contribution in [0.1, 0.15) is 37.2 Å². The summed E-state index contributed by atoms with van der Waals surface area (Å²) in [6.45, 7) is 1.91. The molecule has 27 heavy (non-hydrogen) atoms. The van der Waals surface area contributed by atoms with E-state index in [0.717, 1.165) is 13.1 Å². The van der Waals surface area contributed by atoms with Crippen molar-refractivity contribution in [1.82, 2.24) is 9.88 Å². The zero-order valence-electron chi connectivity index (χ0n) is 15.4. The number of ether oxygens (including phenoxy) is 1. The van der Waals surface area contributed by atoms with Gasteiger partial charge in [-0.1, -0.05) is 24.3 Å². The summed E-state index contributed by atoms with van der Waals surface area (Å²) in [5.74, 6) is 1.07. The minimum atomic E-state index is -0.237. The van der Waals surface area contributed by atoms with Gasteiger partial charge in [-0.2, -0.15) is 0 Å². The number of fused-ring (bicyclic) bond motifs is 1. The summed E-state index contributed by atoms with van der Waals surface area (Å²) in [6, 6.07) is 15.7. The Hall–Kier alpha value is -2.33. The Labute approximate surface area is 159 Å². The first-order valence-corrected chi connectivity index (χ1v) is 9.98. The normalized spacial score (nSPS) is 24.0. The first-order chi connectivity index (χ1) is 13.3. The van der Waals surface area contributed by atoms with Gasteiger partial charge in [0.05, 0.1) is 0 Å². The fraction of sp³-hybridized carbons (Fsp3) is 0.391. The molecule has 1 N–H and O–H groups in total. The monoisotopic (exact) mass is 364 g/mol. The summed E-state index contributed by atoms with van der Waals surface area (Å²) < 4.78 is 19.2. The zero-order valence-corrected chi connectivity index (χ0v) is 15.4. The van der Waals surface area contributed by atoms with Gasteiger partial charge in [-0.25, -0.2) is 4.39 Å². The van der Waals surface area contributed by atoms with E-state index in [1.165, 1.54) is 54.3 Å². The highest BCUT2D eigenvalue weighted by molar-refractivity contribution is 5.83. The Morgan fingerprint density at radius 3 is 2.59 bits per heavy atom. The Morgan fingerprint density at radius 2 is 1.78 bits per heavy atom. The fourth-order valence-corrected chi connectivity index (χ4v) is 4.76. The van der Waals surface area contributed by atoms with E-state index in [-0.39, 0.29) is 11.9 Å². The van der Waals surface area contributed by atoms with Gasteiger partial charge in [-0.15, -0.1) is 0 Å². The molecular formula is C23H25FN2O. The third kappa shape index (κ3) is 3.34. The van der Waals surface area contributed by atoms with Gasteiger partial charge in [-0.3, -0.25) is 4.90 Å². The molecule has 2 fully saturated rings. The molecule has 3 aromatic rings. The van der Waals surface area contributed by atoms with Crippen molar-refractivity contribution in [3.05, 3.63) is 66.1 Å². The van der Waals surface area contributed by atoms with Crippen LogP contribution in [0.3, 0.4) is 0 Å². The number of rotatable bonds is 4. The molecule has 0 radical (unpaired) electrons.